The molecule has 0 bridgehead atoms. The molecule has 0 amide bonds. The second-order valence-electron chi connectivity index (χ2n) is 3.71. The van der Waals surface area contributed by atoms with Crippen molar-refractivity contribution in [2.75, 3.05) is 20.2 Å². The maximum Gasteiger partial charge on any atom is 0.179 e. The summed E-state index contributed by atoms with van der Waals surface area (Å²) in [6, 6.07) is 3.64. The number of nitrogens with one attached hydrogen (secondary N) is 1. The first-order chi connectivity index (χ1) is 7.24. The molecule has 2 rings (SSSR count). The highest BCUT2D eigenvalue weighted by Crippen LogP contribution is 2.41. The van der Waals surface area contributed by atoms with E-state index in [9.17, 15) is 5.11 Å². The van der Waals surface area contributed by atoms with Crippen molar-refractivity contribution in [2.24, 2.45) is 0 Å². The zero-order chi connectivity index (χ0) is 10.8. The minimum atomic E-state index is 0.179. The van der Waals surface area contributed by atoms with Crippen LogP contribution in [0, 0.1) is 0 Å². The van der Waals surface area contributed by atoms with Gasteiger partial charge in [-0.3, -0.25) is 0 Å². The fraction of sp³-hybridized carbons (Fsp3) is 0.455. The molecule has 0 saturated carbocycles. The molecule has 1 aromatic rings. The molecule has 1 aliphatic heterocycles. The molecule has 2 N–H and O–H groups in total. The summed E-state index contributed by atoms with van der Waals surface area (Å²) < 4.78 is 5.07. The van der Waals surface area contributed by atoms with Crippen molar-refractivity contribution in [3.63, 3.8) is 0 Å². The van der Waals surface area contributed by atoms with Gasteiger partial charge in [-0.2, -0.15) is 0 Å². The summed E-state index contributed by atoms with van der Waals surface area (Å²) in [5, 5.41) is 13.7. The van der Waals surface area contributed by atoms with Gasteiger partial charge in [0.15, 0.2) is 11.5 Å². The third kappa shape index (κ3) is 1.90. The first-order valence-electron chi connectivity index (χ1n) is 5.00. The van der Waals surface area contributed by atoms with Gasteiger partial charge in [-0.05, 0) is 19.0 Å². The van der Waals surface area contributed by atoms with E-state index in [-0.39, 0.29) is 5.75 Å². The van der Waals surface area contributed by atoms with Crippen LogP contribution >= 0.6 is 11.6 Å². The monoisotopic (exact) mass is 227 g/mol. The lowest BCUT2D eigenvalue weighted by atomic mass is 9.97. The number of hydrogen-bond donors (Lipinski definition) is 2. The smallest absolute Gasteiger partial charge is 0.179 e. The van der Waals surface area contributed by atoms with Crippen LogP contribution in [-0.2, 0) is 0 Å². The second kappa shape index (κ2) is 4.29. The van der Waals surface area contributed by atoms with Crippen LogP contribution in [0.5, 0.6) is 11.5 Å². The molecule has 0 aromatic heterocycles. The topological polar surface area (TPSA) is 41.5 Å². The third-order valence-electron chi connectivity index (χ3n) is 2.82. The molecule has 15 heavy (non-hydrogen) atoms. The van der Waals surface area contributed by atoms with Gasteiger partial charge in [0, 0.05) is 18.0 Å². The van der Waals surface area contributed by atoms with E-state index in [2.05, 4.69) is 5.32 Å². The van der Waals surface area contributed by atoms with Gasteiger partial charge in [-0.1, -0.05) is 17.7 Å². The van der Waals surface area contributed by atoms with Gasteiger partial charge >= 0.3 is 0 Å². The van der Waals surface area contributed by atoms with E-state index < -0.39 is 0 Å². The van der Waals surface area contributed by atoms with Crippen molar-refractivity contribution in [3.8, 4) is 11.5 Å². The highest BCUT2D eigenvalue weighted by atomic mass is 35.5. The minimum Gasteiger partial charge on any atom is -0.504 e. The van der Waals surface area contributed by atoms with Crippen LogP contribution in [0.4, 0.5) is 0 Å². The fourth-order valence-corrected chi connectivity index (χ4v) is 2.24. The predicted octanol–water partition coefficient (Wildman–Crippen LogP) is 2.13. The SMILES string of the molecule is COc1c(Cl)ccc(C2CCNC2)c1O. The average molecular weight is 228 g/mol. The first-order valence-corrected chi connectivity index (χ1v) is 5.38. The van der Waals surface area contributed by atoms with Gasteiger partial charge in [-0.15, -0.1) is 0 Å². The van der Waals surface area contributed by atoms with Crippen molar-refractivity contribution in [2.45, 2.75) is 12.3 Å². The van der Waals surface area contributed by atoms with Gasteiger partial charge in [-0.25, -0.2) is 0 Å². The van der Waals surface area contributed by atoms with Gasteiger partial charge in [0.05, 0.1) is 12.1 Å². The van der Waals surface area contributed by atoms with Crippen LogP contribution < -0.4 is 10.1 Å². The molecule has 3 nitrogen and oxygen atoms in total. The number of methoxy groups -OCH3 is 1. The zero-order valence-electron chi connectivity index (χ0n) is 8.59. The summed E-state index contributed by atoms with van der Waals surface area (Å²) >= 11 is 5.91. The van der Waals surface area contributed by atoms with E-state index in [0.29, 0.717) is 16.7 Å². The summed E-state index contributed by atoms with van der Waals surface area (Å²) in [4.78, 5) is 0. The van der Waals surface area contributed by atoms with E-state index in [1.807, 2.05) is 6.07 Å². The third-order valence-corrected chi connectivity index (χ3v) is 3.12. The van der Waals surface area contributed by atoms with Crippen LogP contribution in [0.3, 0.4) is 0 Å². The Morgan fingerprint density at radius 1 is 1.53 bits per heavy atom. The van der Waals surface area contributed by atoms with Crippen molar-refractivity contribution >= 4 is 11.6 Å². The maximum absolute atomic E-state index is 9.99. The minimum absolute atomic E-state index is 0.179. The molecule has 0 radical (unpaired) electrons. The lowest BCUT2D eigenvalue weighted by Gasteiger charge is -2.14. The molecular weight excluding hydrogens is 214 g/mol. The van der Waals surface area contributed by atoms with Gasteiger partial charge < -0.3 is 15.2 Å². The highest BCUT2D eigenvalue weighted by Gasteiger charge is 2.22. The zero-order valence-corrected chi connectivity index (χ0v) is 9.34. The number of phenolic OH excluding ortho intramolecular Hbond substituents is 1. The Hall–Kier alpha value is -0.930. The molecule has 1 unspecified atom stereocenters. The second-order valence-corrected chi connectivity index (χ2v) is 4.12. The molecule has 1 saturated heterocycles. The van der Waals surface area contributed by atoms with Crippen molar-refractivity contribution in [1.82, 2.24) is 5.32 Å². The maximum atomic E-state index is 9.99. The summed E-state index contributed by atoms with van der Waals surface area (Å²) in [6.07, 6.45) is 1.04. The predicted molar refractivity (Wildman–Crippen MR) is 59.9 cm³/mol. The van der Waals surface area contributed by atoms with E-state index in [0.717, 1.165) is 25.1 Å². The van der Waals surface area contributed by atoms with Crippen molar-refractivity contribution in [1.29, 1.82) is 0 Å². The number of halogens is 1. The quantitative estimate of drug-likeness (QED) is 0.814. The number of phenols is 1. The molecule has 4 heteroatoms. The Morgan fingerprint density at radius 2 is 2.33 bits per heavy atom. The first kappa shape index (κ1) is 10.6. The molecule has 1 aliphatic rings. The number of rotatable bonds is 2. The molecule has 1 aromatic carbocycles. The molecule has 1 atom stereocenters. The number of benzene rings is 1. The molecule has 1 fully saturated rings. The Kier molecular flexibility index (Phi) is 3.03. The standard InChI is InChI=1S/C11H14ClNO2/c1-15-11-9(12)3-2-8(10(11)14)7-4-5-13-6-7/h2-3,7,13-14H,4-6H2,1H3. The largest absolute Gasteiger partial charge is 0.504 e. The number of aromatic hydroxyl groups is 1. The lowest BCUT2D eigenvalue weighted by Crippen LogP contribution is -2.08. The van der Waals surface area contributed by atoms with E-state index >= 15 is 0 Å². The van der Waals surface area contributed by atoms with E-state index in [1.54, 1.807) is 6.07 Å². The Labute approximate surface area is 94.0 Å². The van der Waals surface area contributed by atoms with Gasteiger partial charge in [0.25, 0.3) is 0 Å². The fourth-order valence-electron chi connectivity index (χ4n) is 2.01. The van der Waals surface area contributed by atoms with Crippen LogP contribution in [0.2, 0.25) is 5.02 Å². The number of hydrogen-bond acceptors (Lipinski definition) is 3. The molecule has 0 spiro atoms. The van der Waals surface area contributed by atoms with Crippen LogP contribution in [0.15, 0.2) is 12.1 Å². The van der Waals surface area contributed by atoms with E-state index in [1.165, 1.54) is 7.11 Å². The highest BCUT2D eigenvalue weighted by molar-refractivity contribution is 6.32. The summed E-state index contributed by atoms with van der Waals surface area (Å²) in [6.45, 7) is 1.90. The molecule has 82 valence electrons. The van der Waals surface area contributed by atoms with Gasteiger partial charge in [0.2, 0.25) is 0 Å². The van der Waals surface area contributed by atoms with Gasteiger partial charge in [0.1, 0.15) is 0 Å². The van der Waals surface area contributed by atoms with Crippen LogP contribution in [0.25, 0.3) is 0 Å². The molecular formula is C11H14ClNO2. The Morgan fingerprint density at radius 3 is 2.93 bits per heavy atom. The number of ether oxygens (including phenoxy) is 1. The lowest BCUT2D eigenvalue weighted by molar-refractivity contribution is 0.369. The van der Waals surface area contributed by atoms with Crippen LogP contribution in [0.1, 0.15) is 17.9 Å². The summed E-state index contributed by atoms with van der Waals surface area (Å²) in [5.74, 6) is 0.913. The average Bonchev–Trinajstić information content (AvgIpc) is 2.71. The molecule has 0 aliphatic carbocycles. The normalized spacial score (nSPS) is 20.5. The van der Waals surface area contributed by atoms with Crippen molar-refractivity contribution < 1.29 is 9.84 Å². The molecule has 1 heterocycles. The Bertz CT molecular complexity index is 362. The summed E-state index contributed by atoms with van der Waals surface area (Å²) in [5.41, 5.74) is 0.918. The van der Waals surface area contributed by atoms with Crippen molar-refractivity contribution in [3.05, 3.63) is 22.7 Å². The summed E-state index contributed by atoms with van der Waals surface area (Å²) in [7, 11) is 1.51. The van der Waals surface area contributed by atoms with Crippen LogP contribution in [-0.4, -0.2) is 25.3 Å². The van der Waals surface area contributed by atoms with E-state index in [4.69, 9.17) is 16.3 Å². The Balaban J connectivity index is 2.39.